The number of hydrogen-bond acceptors (Lipinski definition) is 5. The maximum Gasteiger partial charge on any atom is 0.241 e. The Morgan fingerprint density at radius 2 is 1.92 bits per heavy atom. The second kappa shape index (κ2) is 10.0. The minimum absolute atomic E-state index is 0.143. The summed E-state index contributed by atoms with van der Waals surface area (Å²) in [6, 6.07) is 8.20. The van der Waals surface area contributed by atoms with E-state index in [1.54, 1.807) is 14.2 Å². The van der Waals surface area contributed by atoms with Crippen LogP contribution in [0.15, 0.2) is 29.2 Å². The van der Waals surface area contributed by atoms with E-state index in [2.05, 4.69) is 17.9 Å². The lowest BCUT2D eigenvalue weighted by Gasteiger charge is -2.27. The van der Waals surface area contributed by atoms with Gasteiger partial charge in [-0.25, -0.2) is 0 Å². The summed E-state index contributed by atoms with van der Waals surface area (Å²) in [4.78, 5) is 18.2. The number of benzene rings is 1. The van der Waals surface area contributed by atoms with Crippen molar-refractivity contribution in [3.63, 3.8) is 0 Å². The first kappa shape index (κ1) is 19.2. The zero-order valence-electron chi connectivity index (χ0n) is 14.9. The third kappa shape index (κ3) is 5.48. The Kier molecular flexibility index (Phi) is 8.05. The summed E-state index contributed by atoms with van der Waals surface area (Å²) >= 11 is 1.85. The summed E-state index contributed by atoms with van der Waals surface area (Å²) < 4.78 is 10.3. The fraction of sp³-hybridized carbons (Fsp3) is 0.611. The van der Waals surface area contributed by atoms with Crippen LogP contribution in [0, 0.1) is 0 Å². The Morgan fingerprint density at radius 1 is 1.25 bits per heavy atom. The number of hydrogen-bond donors (Lipinski definition) is 0. The maximum atomic E-state index is 13.0. The number of methoxy groups -OCH3 is 2. The molecule has 24 heavy (non-hydrogen) atoms. The molecule has 1 heterocycles. The van der Waals surface area contributed by atoms with Gasteiger partial charge in [0, 0.05) is 44.0 Å². The third-order valence-corrected chi connectivity index (χ3v) is 5.36. The second-order valence-electron chi connectivity index (χ2n) is 5.99. The van der Waals surface area contributed by atoms with E-state index >= 15 is 0 Å². The summed E-state index contributed by atoms with van der Waals surface area (Å²) in [6.45, 7) is 6.06. The Hall–Kier alpha value is -1.08. The highest BCUT2D eigenvalue weighted by molar-refractivity contribution is 8.00. The molecule has 1 aliphatic heterocycles. The Balaban J connectivity index is 2.09. The number of para-hydroxylation sites is 1. The zero-order valence-corrected chi connectivity index (χ0v) is 15.7. The number of carbonyl (C=O) groups excluding carboxylic acids is 1. The molecule has 1 aromatic carbocycles. The van der Waals surface area contributed by atoms with E-state index in [4.69, 9.17) is 9.47 Å². The van der Waals surface area contributed by atoms with Gasteiger partial charge in [-0.2, -0.15) is 0 Å². The van der Waals surface area contributed by atoms with Gasteiger partial charge < -0.3 is 14.4 Å². The number of rotatable bonds is 8. The minimum Gasteiger partial charge on any atom is -0.383 e. The van der Waals surface area contributed by atoms with E-state index < -0.39 is 0 Å². The average molecular weight is 352 g/mol. The van der Waals surface area contributed by atoms with E-state index in [1.807, 2.05) is 34.9 Å². The molecular formula is C18H28N2O3S. The topological polar surface area (TPSA) is 42.0 Å². The number of carbonyl (C=O) groups is 1. The van der Waals surface area contributed by atoms with Crippen LogP contribution in [0.3, 0.4) is 0 Å². The van der Waals surface area contributed by atoms with Crippen LogP contribution in [0.25, 0.3) is 0 Å². The van der Waals surface area contributed by atoms with Crippen molar-refractivity contribution in [1.82, 2.24) is 4.90 Å². The lowest BCUT2D eigenvalue weighted by molar-refractivity contribution is -0.120. The molecule has 1 amide bonds. The van der Waals surface area contributed by atoms with E-state index in [9.17, 15) is 4.79 Å². The highest BCUT2D eigenvalue weighted by atomic mass is 32.2. The van der Waals surface area contributed by atoms with E-state index in [0.717, 1.165) is 31.7 Å². The number of amides is 1. The van der Waals surface area contributed by atoms with Crippen LogP contribution >= 0.6 is 11.8 Å². The largest absolute Gasteiger partial charge is 0.383 e. The van der Waals surface area contributed by atoms with Gasteiger partial charge in [-0.1, -0.05) is 19.1 Å². The Bertz CT molecular complexity index is 519. The number of fused-ring (bicyclic) bond motifs is 1. The van der Waals surface area contributed by atoms with E-state index in [1.165, 1.54) is 4.90 Å². The lowest BCUT2D eigenvalue weighted by Crippen LogP contribution is -2.43. The van der Waals surface area contributed by atoms with Crippen LogP contribution in [0.2, 0.25) is 0 Å². The molecule has 0 saturated carbocycles. The van der Waals surface area contributed by atoms with Gasteiger partial charge in [-0.3, -0.25) is 9.69 Å². The second-order valence-corrected chi connectivity index (χ2v) is 7.47. The van der Waals surface area contributed by atoms with Crippen molar-refractivity contribution in [1.29, 1.82) is 0 Å². The standard InChI is InChI=1S/C18H28N2O3S/c1-15-8-9-20(16-6-4-5-7-17(16)24-15)18(21)14-19(10-12-22-2)11-13-23-3/h4-7,15H,8-14H2,1-3H3. The van der Waals surface area contributed by atoms with Gasteiger partial charge in [0.1, 0.15) is 0 Å². The molecule has 1 aliphatic rings. The van der Waals surface area contributed by atoms with Crippen molar-refractivity contribution in [3.05, 3.63) is 24.3 Å². The molecule has 1 unspecified atom stereocenters. The van der Waals surface area contributed by atoms with Crippen LogP contribution in [0.4, 0.5) is 5.69 Å². The molecule has 2 rings (SSSR count). The normalized spacial score (nSPS) is 17.7. The Morgan fingerprint density at radius 3 is 2.58 bits per heavy atom. The number of nitrogens with zero attached hydrogens (tertiary/aromatic N) is 2. The van der Waals surface area contributed by atoms with Crippen molar-refractivity contribution in [3.8, 4) is 0 Å². The molecule has 0 N–H and O–H groups in total. The molecule has 134 valence electrons. The predicted octanol–water partition coefficient (Wildman–Crippen LogP) is 2.50. The summed E-state index contributed by atoms with van der Waals surface area (Å²) in [5.74, 6) is 0.143. The van der Waals surface area contributed by atoms with Gasteiger partial charge >= 0.3 is 0 Å². The molecular weight excluding hydrogens is 324 g/mol. The van der Waals surface area contributed by atoms with Crippen LogP contribution in [0.1, 0.15) is 13.3 Å². The average Bonchev–Trinajstić information content (AvgIpc) is 2.75. The zero-order chi connectivity index (χ0) is 17.4. The highest BCUT2D eigenvalue weighted by Gasteiger charge is 2.25. The summed E-state index contributed by atoms with van der Waals surface area (Å²) in [5, 5.41) is 0.516. The number of thioether (sulfide) groups is 1. The molecule has 0 spiro atoms. The highest BCUT2D eigenvalue weighted by Crippen LogP contribution is 2.37. The fourth-order valence-corrected chi connectivity index (χ4v) is 3.85. The van der Waals surface area contributed by atoms with Crippen molar-refractivity contribution in [2.24, 2.45) is 0 Å². The van der Waals surface area contributed by atoms with Crippen molar-refractivity contribution in [2.45, 2.75) is 23.5 Å². The number of anilines is 1. The first-order valence-corrected chi connectivity index (χ1v) is 9.30. The van der Waals surface area contributed by atoms with Crippen LogP contribution in [-0.4, -0.2) is 69.7 Å². The quantitative estimate of drug-likeness (QED) is 0.719. The van der Waals surface area contributed by atoms with Crippen LogP contribution in [-0.2, 0) is 14.3 Å². The fourth-order valence-electron chi connectivity index (χ4n) is 2.73. The number of ether oxygens (including phenoxy) is 2. The third-order valence-electron chi connectivity index (χ3n) is 4.13. The molecule has 0 saturated heterocycles. The molecule has 0 aromatic heterocycles. The van der Waals surface area contributed by atoms with Gasteiger partial charge in [0.25, 0.3) is 0 Å². The van der Waals surface area contributed by atoms with Gasteiger partial charge in [0.05, 0.1) is 25.4 Å². The van der Waals surface area contributed by atoms with Crippen molar-refractivity contribution >= 4 is 23.4 Å². The van der Waals surface area contributed by atoms with Crippen molar-refractivity contribution in [2.75, 3.05) is 58.5 Å². The first-order valence-electron chi connectivity index (χ1n) is 8.42. The minimum atomic E-state index is 0.143. The molecule has 0 bridgehead atoms. The molecule has 0 aliphatic carbocycles. The van der Waals surface area contributed by atoms with E-state index in [0.29, 0.717) is 25.0 Å². The van der Waals surface area contributed by atoms with E-state index in [-0.39, 0.29) is 5.91 Å². The van der Waals surface area contributed by atoms with Gasteiger partial charge in [-0.15, -0.1) is 11.8 Å². The SMILES string of the molecule is COCCN(CCOC)CC(=O)N1CCC(C)Sc2ccccc21. The maximum absolute atomic E-state index is 13.0. The van der Waals surface area contributed by atoms with Crippen LogP contribution < -0.4 is 4.90 Å². The summed E-state index contributed by atoms with van der Waals surface area (Å²) in [5.41, 5.74) is 1.04. The van der Waals surface area contributed by atoms with Gasteiger partial charge in [-0.05, 0) is 18.6 Å². The van der Waals surface area contributed by atoms with Crippen molar-refractivity contribution < 1.29 is 14.3 Å². The van der Waals surface area contributed by atoms with Crippen LogP contribution in [0.5, 0.6) is 0 Å². The summed E-state index contributed by atoms with van der Waals surface area (Å²) in [6.07, 6.45) is 1.00. The Labute approximate surface area is 149 Å². The first-order chi connectivity index (χ1) is 11.7. The van der Waals surface area contributed by atoms with Gasteiger partial charge in [0.2, 0.25) is 5.91 Å². The molecule has 1 atom stereocenters. The lowest BCUT2D eigenvalue weighted by atomic mass is 10.2. The smallest absolute Gasteiger partial charge is 0.241 e. The summed E-state index contributed by atoms with van der Waals surface area (Å²) in [7, 11) is 3.36. The van der Waals surface area contributed by atoms with Gasteiger partial charge in [0.15, 0.2) is 0 Å². The predicted molar refractivity (Wildman–Crippen MR) is 98.9 cm³/mol. The monoisotopic (exact) mass is 352 g/mol. The molecule has 1 aromatic rings. The molecule has 6 heteroatoms. The molecule has 0 fully saturated rings. The molecule has 5 nitrogen and oxygen atoms in total. The molecule has 0 radical (unpaired) electrons.